The molecular formula is C18H30ClNO. The zero-order chi connectivity index (χ0) is 15.3. The Bertz CT molecular complexity index is 370. The van der Waals surface area contributed by atoms with Crippen molar-refractivity contribution in [1.29, 1.82) is 0 Å². The zero-order valence-electron chi connectivity index (χ0n) is 13.4. The minimum Gasteiger partial charge on any atom is -0.388 e. The van der Waals surface area contributed by atoms with E-state index in [0.717, 1.165) is 18.4 Å². The van der Waals surface area contributed by atoms with Crippen molar-refractivity contribution in [2.75, 3.05) is 0 Å². The lowest BCUT2D eigenvalue weighted by Crippen LogP contribution is -1.97. The normalized spacial score (nSPS) is 12.5. The molecule has 2 nitrogen and oxygen atoms in total. The predicted molar refractivity (Wildman–Crippen MR) is 90.7 cm³/mol. The first-order valence-corrected chi connectivity index (χ1v) is 8.91. The summed E-state index contributed by atoms with van der Waals surface area (Å²) in [4.78, 5) is 3.93. The standard InChI is InChI=1S/C18H30ClNO/c1-2-3-4-5-6-7-8-9-10-11-12-17(21)16-13-14-20-18(19)15-16/h13-15,17,21H,2-12H2,1H3. The predicted octanol–water partition coefficient (Wildman–Crippen LogP) is 6.08. The van der Waals surface area contributed by atoms with Gasteiger partial charge in [-0.05, 0) is 24.1 Å². The molecule has 3 heteroatoms. The monoisotopic (exact) mass is 311 g/mol. The van der Waals surface area contributed by atoms with E-state index in [1.54, 1.807) is 12.3 Å². The Hall–Kier alpha value is -0.600. The fourth-order valence-corrected chi connectivity index (χ4v) is 2.80. The van der Waals surface area contributed by atoms with Gasteiger partial charge in [0.2, 0.25) is 0 Å². The third-order valence-corrected chi connectivity index (χ3v) is 4.17. The minimum absolute atomic E-state index is 0.403. The molecule has 1 N–H and O–H groups in total. The van der Waals surface area contributed by atoms with E-state index in [-0.39, 0.29) is 0 Å². The largest absolute Gasteiger partial charge is 0.388 e. The van der Waals surface area contributed by atoms with Crippen molar-refractivity contribution in [3.8, 4) is 0 Å². The smallest absolute Gasteiger partial charge is 0.129 e. The van der Waals surface area contributed by atoms with E-state index >= 15 is 0 Å². The van der Waals surface area contributed by atoms with E-state index < -0.39 is 6.10 Å². The fourth-order valence-electron chi connectivity index (χ4n) is 2.62. The summed E-state index contributed by atoms with van der Waals surface area (Å²) >= 11 is 5.83. The maximum absolute atomic E-state index is 10.1. The molecule has 0 spiro atoms. The minimum atomic E-state index is -0.403. The van der Waals surface area contributed by atoms with Gasteiger partial charge in [-0.2, -0.15) is 0 Å². The molecule has 1 aromatic rings. The zero-order valence-corrected chi connectivity index (χ0v) is 14.1. The van der Waals surface area contributed by atoms with Crippen LogP contribution >= 0.6 is 11.6 Å². The second kappa shape index (κ2) is 12.0. The van der Waals surface area contributed by atoms with Crippen LogP contribution in [0, 0.1) is 0 Å². The van der Waals surface area contributed by atoms with Gasteiger partial charge in [-0.15, -0.1) is 0 Å². The van der Waals surface area contributed by atoms with Crippen LogP contribution in [0.25, 0.3) is 0 Å². The molecule has 0 aromatic carbocycles. The quantitative estimate of drug-likeness (QED) is 0.375. The Morgan fingerprint density at radius 2 is 1.57 bits per heavy atom. The second-order valence-corrected chi connectivity index (χ2v) is 6.29. The van der Waals surface area contributed by atoms with E-state index in [9.17, 15) is 5.11 Å². The number of aromatic nitrogens is 1. The van der Waals surface area contributed by atoms with E-state index in [1.807, 2.05) is 6.07 Å². The summed E-state index contributed by atoms with van der Waals surface area (Å²) in [7, 11) is 0. The van der Waals surface area contributed by atoms with Gasteiger partial charge in [-0.3, -0.25) is 0 Å². The molecule has 1 atom stereocenters. The molecule has 0 bridgehead atoms. The molecular weight excluding hydrogens is 282 g/mol. The summed E-state index contributed by atoms with van der Waals surface area (Å²) in [5.41, 5.74) is 0.880. The number of unbranched alkanes of at least 4 members (excludes halogenated alkanes) is 9. The molecule has 0 fully saturated rings. The van der Waals surface area contributed by atoms with Gasteiger partial charge in [0.25, 0.3) is 0 Å². The molecule has 0 amide bonds. The van der Waals surface area contributed by atoms with Gasteiger partial charge in [-0.25, -0.2) is 4.98 Å². The third kappa shape index (κ3) is 9.10. The SMILES string of the molecule is CCCCCCCCCCCCC(O)c1ccnc(Cl)c1. The van der Waals surface area contributed by atoms with Crippen LogP contribution in [0.5, 0.6) is 0 Å². The number of aliphatic hydroxyl groups is 1. The number of halogens is 1. The van der Waals surface area contributed by atoms with Crippen LogP contribution in [-0.4, -0.2) is 10.1 Å². The van der Waals surface area contributed by atoms with Crippen LogP contribution in [-0.2, 0) is 0 Å². The second-order valence-electron chi connectivity index (χ2n) is 5.90. The number of rotatable bonds is 12. The molecule has 0 saturated heterocycles. The highest BCUT2D eigenvalue weighted by Crippen LogP contribution is 2.21. The van der Waals surface area contributed by atoms with Crippen LogP contribution in [0.3, 0.4) is 0 Å². The van der Waals surface area contributed by atoms with Gasteiger partial charge < -0.3 is 5.11 Å². The first kappa shape index (κ1) is 18.4. The van der Waals surface area contributed by atoms with Crippen LogP contribution in [0.15, 0.2) is 18.3 Å². The number of nitrogens with zero attached hydrogens (tertiary/aromatic N) is 1. The van der Waals surface area contributed by atoms with Crippen LogP contribution < -0.4 is 0 Å². The number of pyridine rings is 1. The Balaban J connectivity index is 1.96. The van der Waals surface area contributed by atoms with Gasteiger partial charge in [0.15, 0.2) is 0 Å². The Kier molecular flexibility index (Phi) is 10.5. The van der Waals surface area contributed by atoms with Gasteiger partial charge in [0.1, 0.15) is 5.15 Å². The summed E-state index contributed by atoms with van der Waals surface area (Å²) in [5, 5.41) is 10.5. The molecule has 0 aliphatic rings. The summed E-state index contributed by atoms with van der Waals surface area (Å²) in [6, 6.07) is 3.59. The lowest BCUT2D eigenvalue weighted by Gasteiger charge is -2.10. The highest BCUT2D eigenvalue weighted by molar-refractivity contribution is 6.29. The van der Waals surface area contributed by atoms with Gasteiger partial charge in [0, 0.05) is 6.20 Å². The summed E-state index contributed by atoms with van der Waals surface area (Å²) in [5.74, 6) is 0. The molecule has 21 heavy (non-hydrogen) atoms. The summed E-state index contributed by atoms with van der Waals surface area (Å²) in [6.45, 7) is 2.26. The Morgan fingerprint density at radius 1 is 1.00 bits per heavy atom. The number of hydrogen-bond donors (Lipinski definition) is 1. The first-order valence-electron chi connectivity index (χ1n) is 8.53. The molecule has 1 aromatic heterocycles. The fraction of sp³-hybridized carbons (Fsp3) is 0.722. The van der Waals surface area contributed by atoms with E-state index in [4.69, 9.17) is 11.6 Å². The molecule has 0 aliphatic carbocycles. The molecule has 1 rings (SSSR count). The summed E-state index contributed by atoms with van der Waals surface area (Å²) in [6.07, 6.45) is 15.2. The number of aliphatic hydroxyl groups excluding tert-OH is 1. The van der Waals surface area contributed by atoms with Crippen molar-refractivity contribution >= 4 is 11.6 Å². The molecule has 120 valence electrons. The molecule has 1 heterocycles. The molecule has 1 unspecified atom stereocenters. The van der Waals surface area contributed by atoms with Crippen LogP contribution in [0.1, 0.15) is 89.2 Å². The van der Waals surface area contributed by atoms with Crippen molar-refractivity contribution in [3.05, 3.63) is 29.0 Å². The van der Waals surface area contributed by atoms with Crippen LogP contribution in [0.2, 0.25) is 5.15 Å². The van der Waals surface area contributed by atoms with Crippen molar-refractivity contribution in [3.63, 3.8) is 0 Å². The van der Waals surface area contributed by atoms with Crippen molar-refractivity contribution in [1.82, 2.24) is 4.98 Å². The molecule has 0 saturated carbocycles. The number of hydrogen-bond acceptors (Lipinski definition) is 2. The van der Waals surface area contributed by atoms with E-state index in [0.29, 0.717) is 5.15 Å². The molecule has 0 aliphatic heterocycles. The maximum Gasteiger partial charge on any atom is 0.129 e. The van der Waals surface area contributed by atoms with Crippen molar-refractivity contribution in [2.45, 2.75) is 83.7 Å². The topological polar surface area (TPSA) is 33.1 Å². The van der Waals surface area contributed by atoms with Gasteiger partial charge in [-0.1, -0.05) is 82.7 Å². The van der Waals surface area contributed by atoms with Crippen LogP contribution in [0.4, 0.5) is 0 Å². The van der Waals surface area contributed by atoms with E-state index in [1.165, 1.54) is 57.8 Å². The van der Waals surface area contributed by atoms with E-state index in [2.05, 4.69) is 11.9 Å². The van der Waals surface area contributed by atoms with Gasteiger partial charge in [0.05, 0.1) is 6.10 Å². The average molecular weight is 312 g/mol. The third-order valence-electron chi connectivity index (χ3n) is 3.97. The highest BCUT2D eigenvalue weighted by atomic mass is 35.5. The maximum atomic E-state index is 10.1. The lowest BCUT2D eigenvalue weighted by molar-refractivity contribution is 0.163. The van der Waals surface area contributed by atoms with Crippen molar-refractivity contribution in [2.24, 2.45) is 0 Å². The lowest BCUT2D eigenvalue weighted by atomic mass is 10.0. The average Bonchev–Trinajstić information content (AvgIpc) is 2.49. The Labute approximate surface area is 134 Å². The first-order chi connectivity index (χ1) is 10.2. The van der Waals surface area contributed by atoms with Crippen molar-refractivity contribution < 1.29 is 5.11 Å². The van der Waals surface area contributed by atoms with Gasteiger partial charge >= 0.3 is 0 Å². The Morgan fingerprint density at radius 3 is 2.14 bits per heavy atom. The molecule has 0 radical (unpaired) electrons. The highest BCUT2D eigenvalue weighted by Gasteiger charge is 2.07. The summed E-state index contributed by atoms with van der Waals surface area (Å²) < 4.78 is 0.